The molecule has 0 aromatic heterocycles. The first-order chi connectivity index (χ1) is 30.6. The van der Waals surface area contributed by atoms with E-state index in [0.717, 1.165) is 89.9 Å². The van der Waals surface area contributed by atoms with Crippen LogP contribution in [0.25, 0.3) is 0 Å². The summed E-state index contributed by atoms with van der Waals surface area (Å²) in [6.07, 6.45) is 70.0. The van der Waals surface area contributed by atoms with Crippen LogP contribution >= 0.6 is 0 Å². The first-order valence-corrected chi connectivity index (χ1v) is 25.8. The van der Waals surface area contributed by atoms with Gasteiger partial charge in [-0.05, 0) is 96.3 Å². The zero-order valence-electron chi connectivity index (χ0n) is 40.6. The lowest BCUT2D eigenvalue weighted by Crippen LogP contribution is -2.30. The van der Waals surface area contributed by atoms with Gasteiger partial charge in [-0.3, -0.25) is 9.59 Å². The van der Waals surface area contributed by atoms with Crippen LogP contribution in [-0.2, 0) is 23.8 Å². The molecule has 0 aliphatic carbocycles. The highest BCUT2D eigenvalue weighted by Crippen LogP contribution is 2.13. The maximum atomic E-state index is 12.7. The van der Waals surface area contributed by atoms with E-state index in [2.05, 4.69) is 118 Å². The maximum absolute atomic E-state index is 12.7. The van der Waals surface area contributed by atoms with Gasteiger partial charge < -0.3 is 14.2 Å². The second-order valence-corrected chi connectivity index (χ2v) is 16.7. The van der Waals surface area contributed by atoms with Gasteiger partial charge in [0.15, 0.2) is 6.10 Å². The Balaban J connectivity index is 4.30. The Morgan fingerprint density at radius 3 is 1.24 bits per heavy atom. The van der Waals surface area contributed by atoms with Crippen molar-refractivity contribution in [2.75, 3.05) is 19.8 Å². The first kappa shape index (κ1) is 58.8. The molecule has 354 valence electrons. The molecule has 0 heterocycles. The van der Waals surface area contributed by atoms with Crippen molar-refractivity contribution in [1.82, 2.24) is 0 Å². The van der Waals surface area contributed by atoms with Crippen molar-refractivity contribution >= 4 is 11.9 Å². The van der Waals surface area contributed by atoms with Gasteiger partial charge in [0, 0.05) is 19.4 Å². The van der Waals surface area contributed by atoms with Crippen LogP contribution in [0.4, 0.5) is 0 Å². The summed E-state index contributed by atoms with van der Waals surface area (Å²) in [5.74, 6) is -0.475. The predicted octanol–water partition coefficient (Wildman–Crippen LogP) is 17.5. The molecule has 1 unspecified atom stereocenters. The van der Waals surface area contributed by atoms with Crippen LogP contribution in [-0.4, -0.2) is 37.9 Å². The predicted molar refractivity (Wildman–Crippen MR) is 270 cm³/mol. The van der Waals surface area contributed by atoms with Crippen molar-refractivity contribution < 1.29 is 23.8 Å². The molecule has 0 amide bonds. The standard InChI is InChI=1S/C57H96O5/c1-4-7-10-13-16-19-21-23-25-27-28-29-31-33-35-37-40-43-46-49-52-60-53-55(62-57(59)51-48-45-42-38-18-15-12-9-6-3)54-61-56(58)50-47-44-41-39-36-34-32-30-26-24-22-20-17-14-11-8-5-2/h8,11,16-17,19-20,23-26,28-29,32,34,39,41,55H,4-7,9-10,12-15,18,21-22,27,30-31,33,35-38,40,42-54H2,1-3H3/b11-8-,19-16-,20-17-,25-23-,26-24-,29-28-,34-32-,41-39-. The zero-order valence-corrected chi connectivity index (χ0v) is 40.6. The molecule has 0 N–H and O–H groups in total. The van der Waals surface area contributed by atoms with Gasteiger partial charge in [0.05, 0.1) is 6.61 Å². The van der Waals surface area contributed by atoms with Crippen LogP contribution < -0.4 is 0 Å². The number of ether oxygens (including phenoxy) is 3. The monoisotopic (exact) mass is 861 g/mol. The molecule has 0 aliphatic rings. The number of unbranched alkanes of at least 4 members (excludes halogenated alkanes) is 19. The summed E-state index contributed by atoms with van der Waals surface area (Å²) in [5, 5.41) is 0. The van der Waals surface area contributed by atoms with Crippen LogP contribution in [0.1, 0.15) is 226 Å². The minimum atomic E-state index is -0.566. The topological polar surface area (TPSA) is 61.8 Å². The Morgan fingerprint density at radius 2 is 0.742 bits per heavy atom. The van der Waals surface area contributed by atoms with Crippen LogP contribution in [0.2, 0.25) is 0 Å². The normalized spacial score (nSPS) is 13.0. The highest BCUT2D eigenvalue weighted by Gasteiger charge is 2.17. The van der Waals surface area contributed by atoms with E-state index in [9.17, 15) is 9.59 Å². The lowest BCUT2D eigenvalue weighted by Gasteiger charge is -2.18. The molecule has 5 heteroatoms. The molecule has 0 aliphatic heterocycles. The van der Waals surface area contributed by atoms with Gasteiger partial charge in [-0.2, -0.15) is 0 Å². The molecule has 0 aromatic rings. The maximum Gasteiger partial charge on any atom is 0.306 e. The quantitative estimate of drug-likeness (QED) is 0.0347. The Kier molecular flexibility index (Phi) is 49.5. The van der Waals surface area contributed by atoms with E-state index >= 15 is 0 Å². The summed E-state index contributed by atoms with van der Waals surface area (Å²) in [4.78, 5) is 25.3. The van der Waals surface area contributed by atoms with Crippen LogP contribution in [0.5, 0.6) is 0 Å². The average molecular weight is 861 g/mol. The molecule has 0 rings (SSSR count). The first-order valence-electron chi connectivity index (χ1n) is 25.8. The fraction of sp³-hybridized carbons (Fsp3) is 0.684. The van der Waals surface area contributed by atoms with Crippen LogP contribution in [0, 0.1) is 0 Å². The van der Waals surface area contributed by atoms with Crippen LogP contribution in [0.15, 0.2) is 97.2 Å². The molecular weight excluding hydrogens is 765 g/mol. The molecule has 5 nitrogen and oxygen atoms in total. The van der Waals surface area contributed by atoms with Crippen molar-refractivity contribution in [2.45, 2.75) is 232 Å². The smallest absolute Gasteiger partial charge is 0.306 e. The molecular formula is C57H96O5. The number of hydrogen-bond donors (Lipinski definition) is 0. The molecule has 0 radical (unpaired) electrons. The molecule has 62 heavy (non-hydrogen) atoms. The third kappa shape index (κ3) is 49.5. The zero-order chi connectivity index (χ0) is 44.9. The Hall–Kier alpha value is -3.18. The SMILES string of the molecule is CC/C=C\C/C=C\C/C=C\C/C=C\C/C=C\CCCC(=O)OCC(COCCCCCCCCC/C=C\C/C=C\C/C=C\CCCCC)OC(=O)CCCCCCCCCCC. The van der Waals surface area contributed by atoms with Gasteiger partial charge in [-0.25, -0.2) is 0 Å². The summed E-state index contributed by atoms with van der Waals surface area (Å²) >= 11 is 0. The van der Waals surface area contributed by atoms with Gasteiger partial charge in [-0.1, -0.05) is 214 Å². The summed E-state index contributed by atoms with van der Waals surface area (Å²) in [6.45, 7) is 7.59. The average Bonchev–Trinajstić information content (AvgIpc) is 3.27. The highest BCUT2D eigenvalue weighted by atomic mass is 16.6. The van der Waals surface area contributed by atoms with Crippen LogP contribution in [0.3, 0.4) is 0 Å². The fourth-order valence-electron chi connectivity index (χ4n) is 6.79. The summed E-state index contributed by atoms with van der Waals surface area (Å²) in [5.41, 5.74) is 0. The fourth-order valence-corrected chi connectivity index (χ4v) is 6.79. The molecule has 0 saturated heterocycles. The summed E-state index contributed by atoms with van der Waals surface area (Å²) in [6, 6.07) is 0. The summed E-state index contributed by atoms with van der Waals surface area (Å²) < 4.78 is 17.3. The van der Waals surface area contributed by atoms with Crippen molar-refractivity contribution in [3.63, 3.8) is 0 Å². The van der Waals surface area contributed by atoms with E-state index in [0.29, 0.717) is 19.4 Å². The number of hydrogen-bond acceptors (Lipinski definition) is 5. The van der Waals surface area contributed by atoms with Gasteiger partial charge in [-0.15, -0.1) is 0 Å². The van der Waals surface area contributed by atoms with Crippen molar-refractivity contribution in [2.24, 2.45) is 0 Å². The van der Waals surface area contributed by atoms with Gasteiger partial charge >= 0.3 is 11.9 Å². The van der Waals surface area contributed by atoms with E-state index in [1.54, 1.807) is 0 Å². The lowest BCUT2D eigenvalue weighted by atomic mass is 10.1. The second-order valence-electron chi connectivity index (χ2n) is 16.7. The van der Waals surface area contributed by atoms with Gasteiger partial charge in [0.2, 0.25) is 0 Å². The van der Waals surface area contributed by atoms with Gasteiger partial charge in [0.1, 0.15) is 6.61 Å². The van der Waals surface area contributed by atoms with Crippen molar-refractivity contribution in [1.29, 1.82) is 0 Å². The number of rotatable bonds is 46. The third-order valence-corrected chi connectivity index (χ3v) is 10.6. The largest absolute Gasteiger partial charge is 0.462 e. The third-order valence-electron chi connectivity index (χ3n) is 10.6. The Morgan fingerprint density at radius 1 is 0.371 bits per heavy atom. The molecule has 0 saturated carbocycles. The number of allylic oxidation sites excluding steroid dienone is 16. The molecule has 0 spiro atoms. The Labute approximate surface area is 383 Å². The lowest BCUT2D eigenvalue weighted by molar-refractivity contribution is -0.163. The number of carbonyl (C=O) groups is 2. The van der Waals surface area contributed by atoms with E-state index in [4.69, 9.17) is 14.2 Å². The second kappa shape index (κ2) is 52.2. The minimum Gasteiger partial charge on any atom is -0.462 e. The molecule has 0 aromatic carbocycles. The van der Waals surface area contributed by atoms with E-state index < -0.39 is 6.10 Å². The van der Waals surface area contributed by atoms with E-state index in [1.165, 1.54) is 103 Å². The van der Waals surface area contributed by atoms with E-state index in [1.807, 2.05) is 0 Å². The molecule has 1 atom stereocenters. The molecule has 0 fully saturated rings. The number of esters is 2. The Bertz CT molecular complexity index is 1200. The van der Waals surface area contributed by atoms with E-state index in [-0.39, 0.29) is 25.2 Å². The highest BCUT2D eigenvalue weighted by molar-refractivity contribution is 5.70. The van der Waals surface area contributed by atoms with Gasteiger partial charge in [0.25, 0.3) is 0 Å². The molecule has 0 bridgehead atoms. The minimum absolute atomic E-state index is 0.0484. The summed E-state index contributed by atoms with van der Waals surface area (Å²) in [7, 11) is 0. The number of carbonyl (C=O) groups excluding carboxylic acids is 2. The van der Waals surface area contributed by atoms with Crippen molar-refractivity contribution in [3.8, 4) is 0 Å². The van der Waals surface area contributed by atoms with Crippen molar-refractivity contribution in [3.05, 3.63) is 97.2 Å².